The molecule has 2 unspecified atom stereocenters. The topological polar surface area (TPSA) is 87.6 Å². The first-order valence-corrected chi connectivity index (χ1v) is 10.9. The highest BCUT2D eigenvalue weighted by Crippen LogP contribution is 2.47. The van der Waals surface area contributed by atoms with Gasteiger partial charge in [-0.1, -0.05) is 31.5 Å². The molecule has 0 spiro atoms. The lowest BCUT2D eigenvalue weighted by molar-refractivity contribution is 0.187. The van der Waals surface area contributed by atoms with E-state index in [4.69, 9.17) is 8.92 Å². The Bertz CT molecular complexity index is 1030. The highest BCUT2D eigenvalue weighted by atomic mass is 32.2. The van der Waals surface area contributed by atoms with Crippen molar-refractivity contribution in [3.05, 3.63) is 72.3 Å². The summed E-state index contributed by atoms with van der Waals surface area (Å²) in [5.41, 5.74) is 3.11. The van der Waals surface area contributed by atoms with Crippen LogP contribution in [0.3, 0.4) is 0 Å². The molecule has 4 rings (SSSR count). The summed E-state index contributed by atoms with van der Waals surface area (Å²) in [6.45, 7) is 2.65. The van der Waals surface area contributed by atoms with Gasteiger partial charge < -0.3 is 14.2 Å². The van der Waals surface area contributed by atoms with Gasteiger partial charge in [-0.3, -0.25) is 4.18 Å². The van der Waals surface area contributed by atoms with Crippen LogP contribution in [0.2, 0.25) is 0 Å². The SMILES string of the molecule is CCCc1ccc2c(c1)N(CCC(OS(=O)[O-])c1ncccn1)c1ccccc1O2. The first-order valence-electron chi connectivity index (χ1n) is 9.86. The van der Waals surface area contributed by atoms with E-state index in [1.165, 1.54) is 5.56 Å². The van der Waals surface area contributed by atoms with Crippen molar-refractivity contribution < 1.29 is 17.7 Å². The number of aryl methyl sites for hydroxylation is 1. The molecule has 0 amide bonds. The Kier molecular flexibility index (Phi) is 6.37. The summed E-state index contributed by atoms with van der Waals surface area (Å²) in [5.74, 6) is 1.87. The first-order chi connectivity index (χ1) is 14.7. The van der Waals surface area contributed by atoms with Crippen LogP contribution in [0.4, 0.5) is 11.4 Å². The van der Waals surface area contributed by atoms with Gasteiger partial charge in [-0.05, 0) is 42.3 Å². The molecule has 2 aromatic carbocycles. The highest BCUT2D eigenvalue weighted by molar-refractivity contribution is 7.74. The molecule has 0 fully saturated rings. The molecule has 30 heavy (non-hydrogen) atoms. The lowest BCUT2D eigenvalue weighted by Crippen LogP contribution is -2.25. The second-order valence-corrected chi connectivity index (χ2v) is 7.56. The van der Waals surface area contributed by atoms with Gasteiger partial charge in [0.1, 0.15) is 6.10 Å². The number of para-hydroxylation sites is 2. The molecule has 8 heteroatoms. The minimum absolute atomic E-state index is 0.336. The largest absolute Gasteiger partial charge is 0.750 e. The summed E-state index contributed by atoms with van der Waals surface area (Å²) in [6, 6.07) is 15.7. The molecule has 0 radical (unpaired) electrons. The van der Waals surface area contributed by atoms with Gasteiger partial charge in [0.05, 0.1) is 22.7 Å². The van der Waals surface area contributed by atoms with Crippen molar-refractivity contribution in [3.8, 4) is 11.5 Å². The quantitative estimate of drug-likeness (QED) is 0.488. The zero-order valence-corrected chi connectivity index (χ0v) is 17.4. The van der Waals surface area contributed by atoms with Gasteiger partial charge in [0.15, 0.2) is 17.3 Å². The van der Waals surface area contributed by atoms with E-state index < -0.39 is 17.5 Å². The Morgan fingerprint density at radius 3 is 2.63 bits per heavy atom. The molecule has 0 N–H and O–H groups in total. The van der Waals surface area contributed by atoms with Crippen molar-refractivity contribution in [3.63, 3.8) is 0 Å². The average molecular weight is 425 g/mol. The number of nitrogens with zero attached hydrogens (tertiary/aromatic N) is 3. The van der Waals surface area contributed by atoms with Crippen LogP contribution in [-0.2, 0) is 22.0 Å². The van der Waals surface area contributed by atoms with Crippen LogP contribution in [0.15, 0.2) is 60.9 Å². The monoisotopic (exact) mass is 424 g/mol. The van der Waals surface area contributed by atoms with Gasteiger partial charge in [0.25, 0.3) is 0 Å². The van der Waals surface area contributed by atoms with Crippen LogP contribution in [0.1, 0.15) is 37.3 Å². The van der Waals surface area contributed by atoms with Gasteiger partial charge in [-0.15, -0.1) is 0 Å². The van der Waals surface area contributed by atoms with Gasteiger partial charge in [0.2, 0.25) is 0 Å². The lowest BCUT2D eigenvalue weighted by atomic mass is 10.1. The predicted molar refractivity (Wildman–Crippen MR) is 113 cm³/mol. The fraction of sp³-hybridized carbons (Fsp3) is 0.273. The minimum Gasteiger partial charge on any atom is -0.750 e. The predicted octanol–water partition coefficient (Wildman–Crippen LogP) is 4.62. The third kappa shape index (κ3) is 4.51. The maximum Gasteiger partial charge on any atom is 0.158 e. The van der Waals surface area contributed by atoms with Gasteiger partial charge >= 0.3 is 0 Å². The fourth-order valence-electron chi connectivity index (χ4n) is 3.60. The number of rotatable bonds is 8. The number of hydrogen-bond acceptors (Lipinski definition) is 7. The van der Waals surface area contributed by atoms with Gasteiger partial charge in [-0.2, -0.15) is 0 Å². The summed E-state index contributed by atoms with van der Waals surface area (Å²) < 4.78 is 33.7. The normalized spacial score (nSPS) is 14.4. The van der Waals surface area contributed by atoms with Crippen LogP contribution in [0.5, 0.6) is 11.5 Å². The van der Waals surface area contributed by atoms with Crippen molar-refractivity contribution in [2.45, 2.75) is 32.3 Å². The van der Waals surface area contributed by atoms with E-state index >= 15 is 0 Å². The van der Waals surface area contributed by atoms with E-state index in [1.54, 1.807) is 18.5 Å². The Balaban J connectivity index is 1.65. The first kappa shape index (κ1) is 20.5. The third-order valence-corrected chi connectivity index (χ3v) is 5.30. The number of aromatic nitrogens is 2. The molecular weight excluding hydrogens is 402 g/mol. The summed E-state index contributed by atoms with van der Waals surface area (Å²) >= 11 is -2.67. The molecule has 2 heterocycles. The molecule has 1 aliphatic heterocycles. The summed E-state index contributed by atoms with van der Waals surface area (Å²) in [7, 11) is 0. The van der Waals surface area contributed by atoms with Crippen LogP contribution >= 0.6 is 0 Å². The summed E-state index contributed by atoms with van der Waals surface area (Å²) in [6.07, 6.45) is 4.77. The number of fused-ring (bicyclic) bond motifs is 2. The van der Waals surface area contributed by atoms with E-state index in [0.717, 1.165) is 35.7 Å². The Morgan fingerprint density at radius 1 is 1.10 bits per heavy atom. The number of ether oxygens (including phenoxy) is 1. The molecule has 156 valence electrons. The average Bonchev–Trinajstić information content (AvgIpc) is 2.76. The van der Waals surface area contributed by atoms with E-state index in [1.807, 2.05) is 30.3 Å². The zero-order chi connectivity index (χ0) is 20.9. The second-order valence-electron chi connectivity index (χ2n) is 6.96. The minimum atomic E-state index is -2.67. The van der Waals surface area contributed by atoms with Crippen molar-refractivity contribution in [2.24, 2.45) is 0 Å². The molecule has 0 aliphatic carbocycles. The maximum atomic E-state index is 11.2. The number of benzene rings is 2. The number of anilines is 2. The zero-order valence-electron chi connectivity index (χ0n) is 16.6. The standard InChI is InChI=1S/C22H23N3O4S/c1-2-6-16-9-10-20-18(15-16)25(17-7-3-4-8-19(17)28-20)14-11-21(29-30(26)27)22-23-12-5-13-24-22/h3-5,7-10,12-13,15,21H,2,6,11,14H2,1H3,(H,26,27)/p-1. The van der Waals surface area contributed by atoms with Crippen LogP contribution in [0.25, 0.3) is 0 Å². The Labute approximate surface area is 178 Å². The van der Waals surface area contributed by atoms with Gasteiger partial charge in [-0.25, -0.2) is 14.2 Å². The van der Waals surface area contributed by atoms with Crippen LogP contribution < -0.4 is 9.64 Å². The lowest BCUT2D eigenvalue weighted by Gasteiger charge is -2.34. The number of hydrogen-bond donors (Lipinski definition) is 0. The molecular formula is C22H22N3O4S-. The summed E-state index contributed by atoms with van der Waals surface area (Å²) in [5, 5.41) is 0. The van der Waals surface area contributed by atoms with Crippen molar-refractivity contribution in [1.82, 2.24) is 9.97 Å². The molecule has 3 aromatic rings. The van der Waals surface area contributed by atoms with Crippen molar-refractivity contribution >= 4 is 22.7 Å². The molecule has 1 aliphatic rings. The maximum absolute atomic E-state index is 11.2. The molecule has 2 atom stereocenters. The smallest absolute Gasteiger partial charge is 0.158 e. The van der Waals surface area contributed by atoms with Crippen molar-refractivity contribution in [2.75, 3.05) is 11.4 Å². The third-order valence-electron chi connectivity index (χ3n) is 4.91. The van der Waals surface area contributed by atoms with Gasteiger partial charge in [0, 0.05) is 25.4 Å². The Hall–Kier alpha value is -2.81. The molecule has 1 aromatic heterocycles. The van der Waals surface area contributed by atoms with E-state index in [-0.39, 0.29) is 0 Å². The molecule has 0 saturated heterocycles. The van der Waals surface area contributed by atoms with Crippen LogP contribution in [-0.4, -0.2) is 25.3 Å². The van der Waals surface area contributed by atoms with Crippen molar-refractivity contribution in [1.29, 1.82) is 0 Å². The van der Waals surface area contributed by atoms with E-state index in [0.29, 0.717) is 18.8 Å². The van der Waals surface area contributed by atoms with Crippen LogP contribution in [0, 0.1) is 0 Å². The van der Waals surface area contributed by atoms with E-state index in [9.17, 15) is 8.76 Å². The van der Waals surface area contributed by atoms with E-state index in [2.05, 4.69) is 33.9 Å². The fourth-order valence-corrected chi connectivity index (χ4v) is 3.97. The molecule has 0 saturated carbocycles. The summed E-state index contributed by atoms with van der Waals surface area (Å²) in [4.78, 5) is 10.5. The molecule has 0 bridgehead atoms. The molecule has 7 nitrogen and oxygen atoms in total. The second kappa shape index (κ2) is 9.34. The Morgan fingerprint density at radius 2 is 1.87 bits per heavy atom. The highest BCUT2D eigenvalue weighted by Gasteiger charge is 2.26.